The number of rotatable bonds is 10. The molecule has 178 valence electrons. The summed E-state index contributed by atoms with van der Waals surface area (Å²) in [6, 6.07) is 6.97. The number of nitrogens with one attached hydrogen (secondary N) is 3. The van der Waals surface area contributed by atoms with Gasteiger partial charge in [0.15, 0.2) is 22.2 Å². The number of benzene rings is 1. The lowest BCUT2D eigenvalue weighted by molar-refractivity contribution is -0.117. The number of hydrogen-bond acceptors (Lipinski definition) is 7. The summed E-state index contributed by atoms with van der Waals surface area (Å²) >= 11 is -1.47. The number of methoxy groups -OCH3 is 1. The number of carbonyl (C=O) groups excluding carboxylic acids is 1. The van der Waals surface area contributed by atoms with Gasteiger partial charge in [0, 0.05) is 18.6 Å². The Morgan fingerprint density at radius 3 is 2.82 bits per heavy atom. The fraction of sp³-hybridized carbons (Fsp3) is 0.304. The largest absolute Gasteiger partial charge is 0.612 e. The number of halogens is 1. The molecule has 1 aromatic carbocycles. The van der Waals surface area contributed by atoms with Crippen LogP contribution < -0.4 is 15.4 Å². The van der Waals surface area contributed by atoms with Gasteiger partial charge >= 0.3 is 0 Å². The second kappa shape index (κ2) is 10.2. The van der Waals surface area contributed by atoms with Gasteiger partial charge in [0.2, 0.25) is 0 Å². The Balaban J connectivity index is 1.39. The normalized spacial score (nSPS) is 14.6. The summed E-state index contributed by atoms with van der Waals surface area (Å²) in [6.45, 7) is 0.0929. The molecule has 1 unspecified atom stereocenters. The summed E-state index contributed by atoms with van der Waals surface area (Å²) in [6.07, 6.45) is 9.19. The second-order valence-electron chi connectivity index (χ2n) is 7.95. The van der Waals surface area contributed by atoms with Crippen LogP contribution in [0.3, 0.4) is 0 Å². The van der Waals surface area contributed by atoms with Crippen molar-refractivity contribution < 1.29 is 18.5 Å². The SMILES string of the molecule is COc1ccc([S+](C)[O-])c(CNC(=O)/C(=C/NCc2cn3cc(C4CC4)ccc3n2)N=N)c1F. The van der Waals surface area contributed by atoms with Crippen molar-refractivity contribution in [1.29, 1.82) is 5.53 Å². The standard InChI is InChI=1S/C23H25FN6O3S/c1-33-19-6-7-20(34(2)32)17(22(19)24)10-27-23(31)18(29-25)11-26-9-16-13-30-12-15(14-3-4-14)5-8-21(30)28-16/h5-8,11-14,25-26H,3-4,9-10H2,1-2H3,(H,27,31)/b18-11-,29-25?. The first-order valence-corrected chi connectivity index (χ1v) is 12.2. The maximum absolute atomic E-state index is 14.7. The Bertz CT molecular complexity index is 1250. The van der Waals surface area contributed by atoms with E-state index in [4.69, 9.17) is 10.3 Å². The number of carbonyl (C=O) groups is 1. The highest BCUT2D eigenvalue weighted by Crippen LogP contribution is 2.39. The molecule has 1 fully saturated rings. The van der Waals surface area contributed by atoms with Crippen molar-refractivity contribution in [3.63, 3.8) is 0 Å². The van der Waals surface area contributed by atoms with Crippen LogP contribution in [0.15, 0.2) is 58.6 Å². The van der Waals surface area contributed by atoms with E-state index in [2.05, 4.69) is 33.0 Å². The van der Waals surface area contributed by atoms with Crippen LogP contribution in [-0.4, -0.2) is 33.2 Å². The molecule has 4 rings (SSSR count). The minimum Gasteiger partial charge on any atom is -0.612 e. The maximum Gasteiger partial charge on any atom is 0.273 e. The van der Waals surface area contributed by atoms with Crippen molar-refractivity contribution in [1.82, 2.24) is 20.0 Å². The molecule has 1 atom stereocenters. The summed E-state index contributed by atoms with van der Waals surface area (Å²) < 4.78 is 33.6. The average molecular weight is 485 g/mol. The highest BCUT2D eigenvalue weighted by molar-refractivity contribution is 7.90. The predicted molar refractivity (Wildman–Crippen MR) is 124 cm³/mol. The maximum atomic E-state index is 14.7. The molecule has 2 aromatic heterocycles. The first kappa shape index (κ1) is 23.7. The van der Waals surface area contributed by atoms with Gasteiger partial charge in [-0.1, -0.05) is 6.07 Å². The number of amides is 1. The van der Waals surface area contributed by atoms with Crippen molar-refractivity contribution in [3.05, 3.63) is 71.2 Å². The fourth-order valence-corrected chi connectivity index (χ4v) is 4.41. The van der Waals surface area contributed by atoms with Gasteiger partial charge in [0.05, 0.1) is 31.5 Å². The Hall–Kier alpha value is -3.44. The smallest absolute Gasteiger partial charge is 0.273 e. The Kier molecular flexibility index (Phi) is 7.13. The van der Waals surface area contributed by atoms with Crippen molar-refractivity contribution in [2.75, 3.05) is 13.4 Å². The third kappa shape index (κ3) is 5.20. The molecular formula is C23H25FN6O3S. The molecule has 0 saturated heterocycles. The van der Waals surface area contributed by atoms with Crippen molar-refractivity contribution in [2.24, 2.45) is 5.11 Å². The Labute approximate surface area is 199 Å². The second-order valence-corrected chi connectivity index (χ2v) is 9.30. The number of nitrogens with zero attached hydrogens (tertiary/aromatic N) is 3. The predicted octanol–water partition coefficient (Wildman–Crippen LogP) is 3.38. The lowest BCUT2D eigenvalue weighted by Gasteiger charge is -2.14. The molecule has 9 nitrogen and oxygen atoms in total. The van der Waals surface area contributed by atoms with Gasteiger partial charge < -0.3 is 24.3 Å². The first-order chi connectivity index (χ1) is 16.4. The number of hydrogen-bond donors (Lipinski definition) is 3. The molecule has 1 saturated carbocycles. The zero-order chi connectivity index (χ0) is 24.2. The van der Waals surface area contributed by atoms with Gasteiger partial charge in [-0.15, -0.1) is 0 Å². The van der Waals surface area contributed by atoms with Crippen LogP contribution in [0, 0.1) is 11.3 Å². The number of fused-ring (bicyclic) bond motifs is 1. The molecule has 34 heavy (non-hydrogen) atoms. The third-order valence-corrected chi connectivity index (χ3v) is 6.57. The van der Waals surface area contributed by atoms with Crippen LogP contribution in [0.4, 0.5) is 4.39 Å². The van der Waals surface area contributed by atoms with Gasteiger partial charge in [0.1, 0.15) is 11.9 Å². The molecule has 0 aliphatic heterocycles. The number of imidazole rings is 1. The van der Waals surface area contributed by atoms with Gasteiger partial charge in [-0.25, -0.2) is 14.9 Å². The van der Waals surface area contributed by atoms with Gasteiger partial charge in [0.25, 0.3) is 5.91 Å². The molecular weight excluding hydrogens is 459 g/mol. The first-order valence-electron chi connectivity index (χ1n) is 10.7. The van der Waals surface area contributed by atoms with Crippen LogP contribution in [0.2, 0.25) is 0 Å². The molecule has 1 amide bonds. The molecule has 3 aromatic rings. The van der Waals surface area contributed by atoms with E-state index in [0.717, 1.165) is 11.3 Å². The number of pyridine rings is 1. The molecule has 0 spiro atoms. The van der Waals surface area contributed by atoms with Crippen LogP contribution in [0.25, 0.3) is 5.65 Å². The zero-order valence-corrected chi connectivity index (χ0v) is 19.6. The van der Waals surface area contributed by atoms with Crippen molar-refractivity contribution in [2.45, 2.75) is 36.7 Å². The van der Waals surface area contributed by atoms with E-state index in [1.807, 2.05) is 16.7 Å². The third-order valence-electron chi connectivity index (χ3n) is 5.57. The Morgan fingerprint density at radius 2 is 2.15 bits per heavy atom. The van der Waals surface area contributed by atoms with Gasteiger partial charge in [-0.3, -0.25) is 4.79 Å². The van der Waals surface area contributed by atoms with Crippen LogP contribution >= 0.6 is 0 Å². The monoisotopic (exact) mass is 484 g/mol. The lowest BCUT2D eigenvalue weighted by atomic mass is 10.2. The van der Waals surface area contributed by atoms with Crippen LogP contribution in [-0.2, 0) is 29.1 Å². The van der Waals surface area contributed by atoms with Crippen molar-refractivity contribution >= 4 is 22.7 Å². The highest BCUT2D eigenvalue weighted by Gasteiger charge is 2.24. The van der Waals surface area contributed by atoms with E-state index < -0.39 is 22.9 Å². The van der Waals surface area contributed by atoms with Gasteiger partial charge in [-0.2, -0.15) is 5.11 Å². The number of ether oxygens (including phenoxy) is 1. The summed E-state index contributed by atoms with van der Waals surface area (Å²) in [5, 5.41) is 8.72. The molecule has 11 heteroatoms. The zero-order valence-electron chi connectivity index (χ0n) is 18.8. The lowest BCUT2D eigenvalue weighted by Crippen LogP contribution is -2.26. The molecule has 1 aliphatic rings. The average Bonchev–Trinajstić information content (AvgIpc) is 3.60. The topological polar surface area (TPSA) is 127 Å². The summed E-state index contributed by atoms with van der Waals surface area (Å²) in [5.74, 6) is -0.743. The number of aromatic nitrogens is 2. The van der Waals surface area contributed by atoms with Crippen LogP contribution in [0.1, 0.15) is 35.6 Å². The molecule has 0 radical (unpaired) electrons. The minimum absolute atomic E-state index is 0.0160. The van der Waals surface area contributed by atoms with E-state index in [0.29, 0.717) is 12.5 Å². The van der Waals surface area contributed by atoms with E-state index in [1.54, 1.807) is 0 Å². The molecule has 0 bridgehead atoms. The molecule has 3 N–H and O–H groups in total. The van der Waals surface area contributed by atoms with E-state index >= 15 is 0 Å². The fourth-order valence-electron chi connectivity index (χ4n) is 3.64. The van der Waals surface area contributed by atoms with Crippen molar-refractivity contribution in [3.8, 4) is 5.75 Å². The summed E-state index contributed by atoms with van der Waals surface area (Å²) in [7, 11) is 1.32. The van der Waals surface area contributed by atoms with E-state index in [1.165, 1.54) is 50.1 Å². The summed E-state index contributed by atoms with van der Waals surface area (Å²) in [4.78, 5) is 17.3. The minimum atomic E-state index is -1.47. The quantitative estimate of drug-likeness (QED) is 0.231. The Morgan fingerprint density at radius 1 is 1.35 bits per heavy atom. The van der Waals surface area contributed by atoms with Crippen LogP contribution in [0.5, 0.6) is 5.75 Å². The summed E-state index contributed by atoms with van der Waals surface area (Å²) in [5.41, 5.74) is 10.1. The van der Waals surface area contributed by atoms with E-state index in [9.17, 15) is 13.7 Å². The molecule has 2 heterocycles. The highest BCUT2D eigenvalue weighted by atomic mass is 32.2. The molecule has 1 aliphatic carbocycles. The van der Waals surface area contributed by atoms with Gasteiger partial charge in [-0.05, 0) is 53.7 Å². The van der Waals surface area contributed by atoms with E-state index in [-0.39, 0.29) is 28.5 Å².